The van der Waals surface area contributed by atoms with Gasteiger partial charge >= 0.3 is 0 Å². The Morgan fingerprint density at radius 1 is 1.42 bits per heavy atom. The zero-order valence-electron chi connectivity index (χ0n) is 11.5. The molecule has 1 heterocycles. The van der Waals surface area contributed by atoms with E-state index >= 15 is 0 Å². The molecule has 8 heteroatoms. The molecule has 0 aliphatic rings. The summed E-state index contributed by atoms with van der Waals surface area (Å²) in [5.74, 6) is 0.341. The standard InChI is InChI=1S/C11H22N4O3S/c1-3-7-19(16,17)8-5-15-10-11(13-14-15)9-12-4-6-18-2/h10,12H,3-9H2,1-2H3. The molecule has 0 fully saturated rings. The minimum atomic E-state index is -2.97. The third-order valence-electron chi connectivity index (χ3n) is 2.52. The summed E-state index contributed by atoms with van der Waals surface area (Å²) < 4.78 is 29.6. The summed E-state index contributed by atoms with van der Waals surface area (Å²) in [7, 11) is -1.32. The Morgan fingerprint density at radius 2 is 2.21 bits per heavy atom. The maximum absolute atomic E-state index is 11.6. The molecule has 0 unspecified atom stereocenters. The van der Waals surface area contributed by atoms with Crippen LogP contribution in [0.3, 0.4) is 0 Å². The van der Waals surface area contributed by atoms with E-state index in [2.05, 4.69) is 15.6 Å². The Bertz CT molecular complexity index is 458. The summed E-state index contributed by atoms with van der Waals surface area (Å²) in [5.41, 5.74) is 0.795. The fourth-order valence-electron chi connectivity index (χ4n) is 1.57. The van der Waals surface area contributed by atoms with Gasteiger partial charge in [-0.25, -0.2) is 8.42 Å². The average Bonchev–Trinajstić information content (AvgIpc) is 2.80. The van der Waals surface area contributed by atoms with Gasteiger partial charge in [0.05, 0.1) is 24.6 Å². The molecule has 0 amide bonds. The zero-order chi connectivity index (χ0) is 14.1. The van der Waals surface area contributed by atoms with Crippen LogP contribution in [0.25, 0.3) is 0 Å². The first-order chi connectivity index (χ1) is 9.07. The van der Waals surface area contributed by atoms with E-state index in [0.717, 1.165) is 12.2 Å². The van der Waals surface area contributed by atoms with Crippen molar-refractivity contribution in [3.8, 4) is 0 Å². The number of nitrogens with zero attached hydrogens (tertiary/aromatic N) is 3. The van der Waals surface area contributed by atoms with Gasteiger partial charge in [-0.05, 0) is 6.42 Å². The molecule has 1 aromatic rings. The summed E-state index contributed by atoms with van der Waals surface area (Å²) >= 11 is 0. The van der Waals surface area contributed by atoms with Gasteiger partial charge in [0, 0.05) is 32.1 Å². The molecule has 0 aromatic carbocycles. The first-order valence-electron chi connectivity index (χ1n) is 6.36. The third kappa shape index (κ3) is 6.65. The maximum Gasteiger partial charge on any atom is 0.152 e. The third-order valence-corrected chi connectivity index (χ3v) is 4.36. The smallest absolute Gasteiger partial charge is 0.152 e. The van der Waals surface area contributed by atoms with Gasteiger partial charge in [0.25, 0.3) is 0 Å². The molecule has 110 valence electrons. The van der Waals surface area contributed by atoms with Gasteiger partial charge in [-0.1, -0.05) is 12.1 Å². The highest BCUT2D eigenvalue weighted by Crippen LogP contribution is 1.97. The Morgan fingerprint density at radius 3 is 2.89 bits per heavy atom. The van der Waals surface area contributed by atoms with E-state index in [1.807, 2.05) is 6.92 Å². The molecule has 0 aliphatic carbocycles. The number of hydrogen-bond donors (Lipinski definition) is 1. The highest BCUT2D eigenvalue weighted by Gasteiger charge is 2.10. The second-order valence-corrected chi connectivity index (χ2v) is 6.60. The second-order valence-electron chi connectivity index (χ2n) is 4.29. The van der Waals surface area contributed by atoms with Gasteiger partial charge in [0.1, 0.15) is 0 Å². The van der Waals surface area contributed by atoms with Crippen LogP contribution in [0.15, 0.2) is 6.20 Å². The number of hydrogen-bond acceptors (Lipinski definition) is 6. The predicted molar refractivity (Wildman–Crippen MR) is 72.5 cm³/mol. The molecule has 7 nitrogen and oxygen atoms in total. The van der Waals surface area contributed by atoms with Crippen LogP contribution in [0, 0.1) is 0 Å². The van der Waals surface area contributed by atoms with Gasteiger partial charge in [0.15, 0.2) is 9.84 Å². The summed E-state index contributed by atoms with van der Waals surface area (Å²) in [6, 6.07) is 0. The van der Waals surface area contributed by atoms with Crippen LogP contribution in [-0.4, -0.2) is 55.2 Å². The van der Waals surface area contributed by atoms with E-state index in [-0.39, 0.29) is 11.5 Å². The highest BCUT2D eigenvalue weighted by molar-refractivity contribution is 7.91. The molecule has 1 aromatic heterocycles. The van der Waals surface area contributed by atoms with Crippen molar-refractivity contribution in [1.29, 1.82) is 0 Å². The van der Waals surface area contributed by atoms with Gasteiger partial charge in [-0.15, -0.1) is 5.10 Å². The maximum atomic E-state index is 11.6. The number of methoxy groups -OCH3 is 1. The molecule has 1 rings (SSSR count). The van der Waals surface area contributed by atoms with Crippen LogP contribution in [0.1, 0.15) is 19.0 Å². The molecule has 1 N–H and O–H groups in total. The Labute approximate surface area is 114 Å². The molecule has 0 saturated heterocycles. The van der Waals surface area contributed by atoms with Gasteiger partial charge in [-0.2, -0.15) is 0 Å². The second kappa shape index (κ2) is 8.23. The lowest BCUT2D eigenvalue weighted by Crippen LogP contribution is -2.18. The largest absolute Gasteiger partial charge is 0.383 e. The summed E-state index contributed by atoms with van der Waals surface area (Å²) in [6.45, 7) is 4.20. The number of nitrogens with one attached hydrogen (secondary N) is 1. The van der Waals surface area contributed by atoms with Crippen molar-refractivity contribution in [3.05, 3.63) is 11.9 Å². The lowest BCUT2D eigenvalue weighted by Gasteiger charge is -2.02. The van der Waals surface area contributed by atoms with E-state index in [0.29, 0.717) is 26.1 Å². The van der Waals surface area contributed by atoms with Crippen molar-refractivity contribution in [3.63, 3.8) is 0 Å². The van der Waals surface area contributed by atoms with Gasteiger partial charge in [-0.3, -0.25) is 4.68 Å². The summed E-state index contributed by atoms with van der Waals surface area (Å²) in [4.78, 5) is 0. The van der Waals surface area contributed by atoms with Crippen molar-refractivity contribution in [1.82, 2.24) is 20.3 Å². The normalized spacial score (nSPS) is 11.9. The Hall–Kier alpha value is -0.990. The van der Waals surface area contributed by atoms with E-state index in [9.17, 15) is 8.42 Å². The molecule has 0 saturated carbocycles. The van der Waals surface area contributed by atoms with Crippen molar-refractivity contribution in [2.75, 3.05) is 31.8 Å². The first kappa shape index (κ1) is 16.1. The number of aryl methyl sites for hydroxylation is 1. The highest BCUT2D eigenvalue weighted by atomic mass is 32.2. The molecule has 19 heavy (non-hydrogen) atoms. The fourth-order valence-corrected chi connectivity index (χ4v) is 2.86. The molecule has 0 bridgehead atoms. The van der Waals surface area contributed by atoms with Crippen LogP contribution < -0.4 is 5.32 Å². The SMILES string of the molecule is CCCS(=O)(=O)CCn1cc(CNCCOC)nn1. The van der Waals surface area contributed by atoms with Crippen LogP contribution >= 0.6 is 0 Å². The number of rotatable bonds is 10. The van der Waals surface area contributed by atoms with Crippen LogP contribution in [-0.2, 0) is 27.7 Å². The summed E-state index contributed by atoms with van der Waals surface area (Å²) in [5, 5.41) is 11.0. The number of sulfone groups is 1. The topological polar surface area (TPSA) is 86.1 Å². The van der Waals surface area contributed by atoms with Crippen molar-refractivity contribution in [2.24, 2.45) is 0 Å². The van der Waals surface area contributed by atoms with Crippen LogP contribution in [0.5, 0.6) is 0 Å². The van der Waals surface area contributed by atoms with E-state index in [1.54, 1.807) is 18.0 Å². The van der Waals surface area contributed by atoms with Crippen molar-refractivity contribution in [2.45, 2.75) is 26.4 Å². The van der Waals surface area contributed by atoms with Crippen molar-refractivity contribution >= 4 is 9.84 Å². The quantitative estimate of drug-likeness (QED) is 0.603. The Kier molecular flexibility index (Phi) is 6.96. The lowest BCUT2D eigenvalue weighted by molar-refractivity contribution is 0.199. The molecule has 0 radical (unpaired) electrons. The van der Waals surface area contributed by atoms with E-state index in [1.165, 1.54) is 0 Å². The molecular formula is C11H22N4O3S. The van der Waals surface area contributed by atoms with Gasteiger partial charge in [0.2, 0.25) is 0 Å². The van der Waals surface area contributed by atoms with Gasteiger partial charge < -0.3 is 10.1 Å². The first-order valence-corrected chi connectivity index (χ1v) is 8.18. The minimum absolute atomic E-state index is 0.112. The fraction of sp³-hybridized carbons (Fsp3) is 0.818. The summed E-state index contributed by atoms with van der Waals surface area (Å²) in [6.07, 6.45) is 2.41. The number of aromatic nitrogens is 3. The lowest BCUT2D eigenvalue weighted by atomic mass is 10.4. The molecule has 0 spiro atoms. The van der Waals surface area contributed by atoms with E-state index in [4.69, 9.17) is 4.74 Å². The molecular weight excluding hydrogens is 268 g/mol. The average molecular weight is 290 g/mol. The minimum Gasteiger partial charge on any atom is -0.383 e. The molecule has 0 aliphatic heterocycles. The van der Waals surface area contributed by atoms with Crippen molar-refractivity contribution < 1.29 is 13.2 Å². The monoisotopic (exact) mass is 290 g/mol. The molecule has 0 atom stereocenters. The van der Waals surface area contributed by atoms with Crippen LogP contribution in [0.4, 0.5) is 0 Å². The Balaban J connectivity index is 2.34. The van der Waals surface area contributed by atoms with Crippen LogP contribution in [0.2, 0.25) is 0 Å². The van der Waals surface area contributed by atoms with E-state index < -0.39 is 9.84 Å². The number of ether oxygens (including phenoxy) is 1. The zero-order valence-corrected chi connectivity index (χ0v) is 12.3. The predicted octanol–water partition coefficient (Wildman–Crippen LogP) is -0.161.